The molecule has 0 atom stereocenters. The van der Waals surface area contributed by atoms with E-state index in [-0.39, 0.29) is 0 Å². The fourth-order valence-electron chi connectivity index (χ4n) is 1.27. The van der Waals surface area contributed by atoms with Crippen LogP contribution in [0.2, 0.25) is 0 Å². The van der Waals surface area contributed by atoms with Crippen molar-refractivity contribution in [3.63, 3.8) is 0 Å². The van der Waals surface area contributed by atoms with E-state index in [0.717, 1.165) is 35.6 Å². The standard InChI is InChI=1S/C11H16N2O2S/c1-3-13(4-2)8-10-12-7-9(16-10)5-6-11(14)15/h5-7H,3-4,8H2,1-2H3,(H,14,15)/b6-5+. The van der Waals surface area contributed by atoms with E-state index in [2.05, 4.69) is 23.7 Å². The van der Waals surface area contributed by atoms with E-state index in [1.54, 1.807) is 12.3 Å². The van der Waals surface area contributed by atoms with Crippen molar-refractivity contribution in [2.24, 2.45) is 0 Å². The highest BCUT2D eigenvalue weighted by molar-refractivity contribution is 7.12. The number of hydrogen-bond acceptors (Lipinski definition) is 4. The first-order valence-electron chi connectivity index (χ1n) is 5.23. The molecule has 0 aliphatic heterocycles. The average Bonchev–Trinajstić information content (AvgIpc) is 2.70. The summed E-state index contributed by atoms with van der Waals surface area (Å²) in [4.78, 5) is 17.7. The van der Waals surface area contributed by atoms with Crippen LogP contribution in [0.3, 0.4) is 0 Å². The third-order valence-electron chi connectivity index (χ3n) is 2.21. The Morgan fingerprint density at radius 1 is 1.56 bits per heavy atom. The minimum atomic E-state index is -0.932. The highest BCUT2D eigenvalue weighted by Gasteiger charge is 2.04. The van der Waals surface area contributed by atoms with Crippen LogP contribution in [0.25, 0.3) is 6.08 Å². The summed E-state index contributed by atoms with van der Waals surface area (Å²) in [7, 11) is 0. The van der Waals surface area contributed by atoms with E-state index in [1.165, 1.54) is 11.3 Å². The normalized spacial score (nSPS) is 11.4. The monoisotopic (exact) mass is 240 g/mol. The van der Waals surface area contributed by atoms with Gasteiger partial charge >= 0.3 is 5.97 Å². The molecule has 0 bridgehead atoms. The van der Waals surface area contributed by atoms with Gasteiger partial charge in [-0.2, -0.15) is 0 Å². The molecule has 1 heterocycles. The average molecular weight is 240 g/mol. The number of hydrogen-bond donors (Lipinski definition) is 1. The van der Waals surface area contributed by atoms with Crippen molar-refractivity contribution in [2.75, 3.05) is 13.1 Å². The molecule has 0 radical (unpaired) electrons. The maximum absolute atomic E-state index is 10.3. The lowest BCUT2D eigenvalue weighted by molar-refractivity contribution is -0.131. The Hall–Kier alpha value is -1.20. The lowest BCUT2D eigenvalue weighted by atomic mass is 10.4. The quantitative estimate of drug-likeness (QED) is 0.773. The molecule has 4 nitrogen and oxygen atoms in total. The van der Waals surface area contributed by atoms with Crippen molar-refractivity contribution in [2.45, 2.75) is 20.4 Å². The highest BCUT2D eigenvalue weighted by atomic mass is 32.1. The third-order valence-corrected chi connectivity index (χ3v) is 3.16. The van der Waals surface area contributed by atoms with Crippen LogP contribution >= 0.6 is 11.3 Å². The maximum Gasteiger partial charge on any atom is 0.328 e. The molecule has 1 N–H and O–H groups in total. The van der Waals surface area contributed by atoms with Crippen molar-refractivity contribution in [3.8, 4) is 0 Å². The van der Waals surface area contributed by atoms with Crippen LogP contribution in [0.1, 0.15) is 23.7 Å². The number of aromatic nitrogens is 1. The predicted octanol–water partition coefficient (Wildman–Crippen LogP) is 2.08. The largest absolute Gasteiger partial charge is 0.478 e. The number of aliphatic carboxylic acids is 1. The van der Waals surface area contributed by atoms with Gasteiger partial charge in [-0.1, -0.05) is 13.8 Å². The number of carboxylic acids is 1. The van der Waals surface area contributed by atoms with E-state index in [9.17, 15) is 4.79 Å². The number of carboxylic acid groups (broad SMARTS) is 1. The summed E-state index contributed by atoms with van der Waals surface area (Å²) in [6.45, 7) is 7.05. The summed E-state index contributed by atoms with van der Waals surface area (Å²) in [5.74, 6) is -0.932. The Balaban J connectivity index is 2.60. The zero-order valence-electron chi connectivity index (χ0n) is 9.51. The first kappa shape index (κ1) is 12.9. The minimum absolute atomic E-state index is 0.832. The van der Waals surface area contributed by atoms with Gasteiger partial charge in [-0.3, -0.25) is 4.90 Å². The van der Waals surface area contributed by atoms with Gasteiger partial charge in [0.2, 0.25) is 0 Å². The van der Waals surface area contributed by atoms with Crippen LogP contribution in [0.15, 0.2) is 12.3 Å². The summed E-state index contributed by atoms with van der Waals surface area (Å²) in [5.41, 5.74) is 0. The molecule has 88 valence electrons. The van der Waals surface area contributed by atoms with Gasteiger partial charge < -0.3 is 5.11 Å². The Bertz CT molecular complexity index is 370. The summed E-state index contributed by atoms with van der Waals surface area (Å²) < 4.78 is 0. The second kappa shape index (κ2) is 6.40. The van der Waals surface area contributed by atoms with Gasteiger partial charge in [0.1, 0.15) is 5.01 Å². The van der Waals surface area contributed by atoms with Crippen molar-refractivity contribution in [3.05, 3.63) is 22.2 Å². The fourth-order valence-corrected chi connectivity index (χ4v) is 2.13. The predicted molar refractivity (Wildman–Crippen MR) is 65.4 cm³/mol. The molecule has 0 unspecified atom stereocenters. The highest BCUT2D eigenvalue weighted by Crippen LogP contribution is 2.16. The second-order valence-corrected chi connectivity index (χ2v) is 4.44. The number of rotatable bonds is 6. The molecule has 0 spiro atoms. The summed E-state index contributed by atoms with van der Waals surface area (Å²) in [5, 5.41) is 9.51. The summed E-state index contributed by atoms with van der Waals surface area (Å²) >= 11 is 1.53. The van der Waals surface area contributed by atoms with Crippen molar-refractivity contribution < 1.29 is 9.90 Å². The SMILES string of the molecule is CCN(CC)Cc1ncc(/C=C/C(=O)O)s1. The van der Waals surface area contributed by atoms with Crippen LogP contribution in [-0.2, 0) is 11.3 Å². The van der Waals surface area contributed by atoms with Crippen LogP contribution in [0.4, 0.5) is 0 Å². The first-order valence-corrected chi connectivity index (χ1v) is 6.05. The Labute approximate surface area is 99.2 Å². The summed E-state index contributed by atoms with van der Waals surface area (Å²) in [6.07, 6.45) is 4.42. The molecule has 0 saturated heterocycles. The number of carbonyl (C=O) groups is 1. The fraction of sp³-hybridized carbons (Fsp3) is 0.455. The Kier molecular flexibility index (Phi) is 5.14. The maximum atomic E-state index is 10.3. The van der Waals surface area contributed by atoms with Gasteiger partial charge in [-0.05, 0) is 19.2 Å². The van der Waals surface area contributed by atoms with Crippen molar-refractivity contribution in [1.82, 2.24) is 9.88 Å². The molecule has 1 aromatic heterocycles. The lowest BCUT2D eigenvalue weighted by Crippen LogP contribution is -2.21. The number of nitrogens with zero attached hydrogens (tertiary/aromatic N) is 2. The lowest BCUT2D eigenvalue weighted by Gasteiger charge is -2.15. The molecule has 16 heavy (non-hydrogen) atoms. The second-order valence-electron chi connectivity index (χ2n) is 3.29. The Morgan fingerprint density at radius 3 is 2.81 bits per heavy atom. The van der Waals surface area contributed by atoms with Gasteiger partial charge in [0.15, 0.2) is 0 Å². The molecule has 0 aromatic carbocycles. The molecule has 0 aliphatic rings. The van der Waals surface area contributed by atoms with Crippen molar-refractivity contribution >= 4 is 23.4 Å². The van der Waals surface area contributed by atoms with E-state index in [0.29, 0.717) is 0 Å². The number of thiazole rings is 1. The molecule has 0 aliphatic carbocycles. The molecular weight excluding hydrogens is 224 g/mol. The summed E-state index contributed by atoms with van der Waals surface area (Å²) in [6, 6.07) is 0. The van der Waals surface area contributed by atoms with Crippen LogP contribution in [-0.4, -0.2) is 34.0 Å². The third kappa shape index (κ3) is 4.12. The molecule has 0 saturated carbocycles. The van der Waals surface area contributed by atoms with Crippen LogP contribution in [0.5, 0.6) is 0 Å². The molecule has 0 amide bonds. The molecule has 1 rings (SSSR count). The van der Waals surface area contributed by atoms with Gasteiger partial charge in [0.25, 0.3) is 0 Å². The zero-order chi connectivity index (χ0) is 12.0. The molecule has 5 heteroatoms. The molecule has 1 aromatic rings. The van der Waals surface area contributed by atoms with Gasteiger partial charge in [-0.25, -0.2) is 9.78 Å². The van der Waals surface area contributed by atoms with Gasteiger partial charge in [0, 0.05) is 17.2 Å². The molecular formula is C11H16N2O2S. The van der Waals surface area contributed by atoms with E-state index in [4.69, 9.17) is 5.11 Å². The first-order chi connectivity index (χ1) is 7.65. The van der Waals surface area contributed by atoms with Gasteiger partial charge in [0.05, 0.1) is 6.54 Å². The van der Waals surface area contributed by atoms with E-state index in [1.807, 2.05) is 0 Å². The van der Waals surface area contributed by atoms with Crippen LogP contribution in [0, 0.1) is 0 Å². The van der Waals surface area contributed by atoms with Crippen molar-refractivity contribution in [1.29, 1.82) is 0 Å². The van der Waals surface area contributed by atoms with E-state index >= 15 is 0 Å². The van der Waals surface area contributed by atoms with Gasteiger partial charge in [-0.15, -0.1) is 11.3 Å². The molecule has 0 fully saturated rings. The minimum Gasteiger partial charge on any atom is -0.478 e. The smallest absolute Gasteiger partial charge is 0.328 e. The van der Waals surface area contributed by atoms with Crippen LogP contribution < -0.4 is 0 Å². The Morgan fingerprint density at radius 2 is 2.25 bits per heavy atom. The van der Waals surface area contributed by atoms with E-state index < -0.39 is 5.97 Å². The topological polar surface area (TPSA) is 53.4 Å². The zero-order valence-corrected chi connectivity index (χ0v) is 10.3.